The number of amides is 1. The summed E-state index contributed by atoms with van der Waals surface area (Å²) in [6.07, 6.45) is 0. The third kappa shape index (κ3) is 4.60. The Morgan fingerprint density at radius 1 is 1.03 bits per heavy atom. The zero-order valence-corrected chi connectivity index (χ0v) is 19.3. The summed E-state index contributed by atoms with van der Waals surface area (Å²) in [6, 6.07) is 21.2. The summed E-state index contributed by atoms with van der Waals surface area (Å²) in [5, 5.41) is 11.9. The van der Waals surface area contributed by atoms with Gasteiger partial charge in [-0.3, -0.25) is 4.79 Å². The maximum absolute atomic E-state index is 13.3. The molecule has 1 aliphatic rings. The van der Waals surface area contributed by atoms with Crippen molar-refractivity contribution in [1.29, 1.82) is 0 Å². The normalized spacial score (nSPS) is 16.0. The number of rotatable bonds is 6. The Kier molecular flexibility index (Phi) is 6.42. The van der Waals surface area contributed by atoms with Gasteiger partial charge >= 0.3 is 0 Å². The molecule has 0 fully saturated rings. The lowest BCUT2D eigenvalue weighted by Crippen LogP contribution is -2.45. The van der Waals surface area contributed by atoms with E-state index in [2.05, 4.69) is 35.9 Å². The molecule has 6 heteroatoms. The molecule has 0 saturated heterocycles. The average Bonchev–Trinajstić information content (AvgIpc) is 2.77. The fourth-order valence-electron chi connectivity index (χ4n) is 3.88. The van der Waals surface area contributed by atoms with Crippen molar-refractivity contribution in [3.8, 4) is 5.75 Å². The van der Waals surface area contributed by atoms with Gasteiger partial charge in [-0.05, 0) is 54.2 Å². The predicted molar refractivity (Wildman–Crippen MR) is 134 cm³/mol. The first-order valence-electron chi connectivity index (χ1n) is 10.7. The van der Waals surface area contributed by atoms with E-state index >= 15 is 0 Å². The molecular formula is C26H27N3O2S. The summed E-state index contributed by atoms with van der Waals surface area (Å²) in [6.45, 7) is 6.77. The van der Waals surface area contributed by atoms with Gasteiger partial charge < -0.3 is 20.7 Å². The van der Waals surface area contributed by atoms with E-state index in [1.54, 1.807) is 0 Å². The van der Waals surface area contributed by atoms with Crippen molar-refractivity contribution in [2.24, 2.45) is 5.92 Å². The van der Waals surface area contributed by atoms with E-state index in [9.17, 15) is 4.79 Å². The second kappa shape index (κ2) is 9.40. The highest BCUT2D eigenvalue weighted by Gasteiger charge is 2.31. The van der Waals surface area contributed by atoms with Crippen molar-refractivity contribution < 1.29 is 9.53 Å². The van der Waals surface area contributed by atoms with Crippen molar-refractivity contribution in [2.75, 3.05) is 11.9 Å². The number of hydrogen-bond donors (Lipinski definition) is 3. The molecule has 1 amide bonds. The molecule has 32 heavy (non-hydrogen) atoms. The fourth-order valence-corrected chi connectivity index (χ4v) is 4.15. The lowest BCUT2D eigenvalue weighted by molar-refractivity contribution is -0.113. The smallest absolute Gasteiger partial charge is 0.255 e. The van der Waals surface area contributed by atoms with Gasteiger partial charge in [-0.1, -0.05) is 62.4 Å². The van der Waals surface area contributed by atoms with Crippen LogP contribution in [-0.2, 0) is 4.79 Å². The maximum Gasteiger partial charge on any atom is 0.255 e. The average molecular weight is 446 g/mol. The van der Waals surface area contributed by atoms with Crippen LogP contribution < -0.4 is 20.7 Å². The van der Waals surface area contributed by atoms with Crippen LogP contribution in [0.4, 0.5) is 5.69 Å². The molecule has 3 aromatic carbocycles. The van der Waals surface area contributed by atoms with Crippen LogP contribution >= 0.6 is 12.2 Å². The largest absolute Gasteiger partial charge is 0.493 e. The molecule has 0 aliphatic carbocycles. The molecule has 3 N–H and O–H groups in total. The quantitative estimate of drug-likeness (QED) is 0.449. The highest BCUT2D eigenvalue weighted by atomic mass is 32.1. The van der Waals surface area contributed by atoms with Gasteiger partial charge in [0.15, 0.2) is 5.11 Å². The SMILES string of the molecule is CC1=C(C(=O)Nc2ccccc2)[C@H](c2ccc(OCC(C)C)c3ccccc23)NC(=S)N1. The molecule has 164 valence electrons. The van der Waals surface area contributed by atoms with E-state index in [1.807, 2.05) is 67.6 Å². The number of hydrogen-bond acceptors (Lipinski definition) is 3. The van der Waals surface area contributed by atoms with Crippen molar-refractivity contribution in [3.63, 3.8) is 0 Å². The molecule has 0 spiro atoms. The molecule has 0 radical (unpaired) electrons. The first-order valence-corrected chi connectivity index (χ1v) is 11.1. The standard InChI is InChI=1S/C26H27N3O2S/c1-16(2)15-31-22-14-13-21(19-11-7-8-12-20(19)22)24-23(17(3)27-26(32)29-24)25(30)28-18-9-5-4-6-10-18/h4-14,16,24H,15H2,1-3H3,(H,28,30)(H2,27,29,32)/t24-/m0/s1. The van der Waals surface area contributed by atoms with Crippen LogP contribution in [0.3, 0.4) is 0 Å². The van der Waals surface area contributed by atoms with E-state index in [4.69, 9.17) is 17.0 Å². The number of anilines is 1. The minimum atomic E-state index is -0.392. The first-order chi connectivity index (χ1) is 15.4. The minimum absolute atomic E-state index is 0.176. The van der Waals surface area contributed by atoms with Crippen LogP contribution in [0.5, 0.6) is 5.75 Å². The maximum atomic E-state index is 13.3. The van der Waals surface area contributed by atoms with E-state index < -0.39 is 6.04 Å². The van der Waals surface area contributed by atoms with E-state index in [0.717, 1.165) is 33.5 Å². The van der Waals surface area contributed by atoms with Gasteiger partial charge in [0.05, 0.1) is 18.2 Å². The number of nitrogens with one attached hydrogen (secondary N) is 3. The highest BCUT2D eigenvalue weighted by molar-refractivity contribution is 7.80. The number of thiocarbonyl (C=S) groups is 1. The lowest BCUT2D eigenvalue weighted by atomic mass is 9.90. The van der Waals surface area contributed by atoms with Crippen LogP contribution in [0.2, 0.25) is 0 Å². The van der Waals surface area contributed by atoms with Gasteiger partial charge in [-0.2, -0.15) is 0 Å². The topological polar surface area (TPSA) is 62.4 Å². The van der Waals surface area contributed by atoms with Crippen molar-refractivity contribution >= 4 is 39.7 Å². The third-order valence-corrected chi connectivity index (χ3v) is 5.57. The van der Waals surface area contributed by atoms with Crippen LogP contribution in [0.15, 0.2) is 78.0 Å². The molecule has 1 aliphatic heterocycles. The molecule has 0 bridgehead atoms. The monoisotopic (exact) mass is 445 g/mol. The summed E-state index contributed by atoms with van der Waals surface area (Å²) in [5.74, 6) is 1.09. The van der Waals surface area contributed by atoms with Gasteiger partial charge in [0.2, 0.25) is 0 Å². The second-order valence-electron chi connectivity index (χ2n) is 8.29. The molecular weight excluding hydrogens is 418 g/mol. The molecule has 4 rings (SSSR count). The Hall–Kier alpha value is -3.38. The van der Waals surface area contributed by atoms with E-state index in [0.29, 0.717) is 23.2 Å². The minimum Gasteiger partial charge on any atom is -0.493 e. The fraction of sp³-hybridized carbons (Fsp3) is 0.231. The molecule has 3 aromatic rings. The molecule has 1 atom stereocenters. The predicted octanol–water partition coefficient (Wildman–Crippen LogP) is 5.31. The van der Waals surface area contributed by atoms with Gasteiger partial charge in [-0.25, -0.2) is 0 Å². The molecule has 0 unspecified atom stereocenters. The summed E-state index contributed by atoms with van der Waals surface area (Å²) in [7, 11) is 0. The molecule has 0 saturated carbocycles. The van der Waals surface area contributed by atoms with Gasteiger partial charge in [0, 0.05) is 16.8 Å². The zero-order chi connectivity index (χ0) is 22.7. The van der Waals surface area contributed by atoms with E-state index in [-0.39, 0.29) is 5.91 Å². The Bertz CT molecular complexity index is 1190. The number of para-hydroxylation sites is 1. The lowest BCUT2D eigenvalue weighted by Gasteiger charge is -2.31. The van der Waals surface area contributed by atoms with E-state index in [1.165, 1.54) is 0 Å². The van der Waals surface area contributed by atoms with Gasteiger partial charge in [-0.15, -0.1) is 0 Å². The van der Waals surface area contributed by atoms with Crippen molar-refractivity contribution in [3.05, 3.63) is 83.6 Å². The summed E-state index contributed by atoms with van der Waals surface area (Å²) >= 11 is 5.44. The van der Waals surface area contributed by atoms with Gasteiger partial charge in [0.25, 0.3) is 5.91 Å². The van der Waals surface area contributed by atoms with Crippen LogP contribution in [0.25, 0.3) is 10.8 Å². The second-order valence-corrected chi connectivity index (χ2v) is 8.70. The first kappa shape index (κ1) is 21.8. The molecule has 5 nitrogen and oxygen atoms in total. The number of fused-ring (bicyclic) bond motifs is 1. The number of carbonyl (C=O) groups is 1. The van der Waals surface area contributed by atoms with Crippen molar-refractivity contribution in [2.45, 2.75) is 26.8 Å². The number of benzene rings is 3. The van der Waals surface area contributed by atoms with Crippen LogP contribution in [-0.4, -0.2) is 17.6 Å². The summed E-state index contributed by atoms with van der Waals surface area (Å²) in [4.78, 5) is 13.3. The Labute approximate surface area is 193 Å². The van der Waals surface area contributed by atoms with Crippen LogP contribution in [0, 0.1) is 5.92 Å². The third-order valence-electron chi connectivity index (χ3n) is 5.35. The highest BCUT2D eigenvalue weighted by Crippen LogP contribution is 2.36. The molecule has 0 aromatic heterocycles. The summed E-state index contributed by atoms with van der Waals surface area (Å²) < 4.78 is 6.07. The zero-order valence-electron chi connectivity index (χ0n) is 18.4. The Morgan fingerprint density at radius 2 is 1.72 bits per heavy atom. The molecule has 1 heterocycles. The Balaban J connectivity index is 1.76. The van der Waals surface area contributed by atoms with Crippen molar-refractivity contribution in [1.82, 2.24) is 10.6 Å². The number of allylic oxidation sites excluding steroid dienone is 1. The summed E-state index contributed by atoms with van der Waals surface area (Å²) in [5.41, 5.74) is 3.05. The number of ether oxygens (including phenoxy) is 1. The number of carbonyl (C=O) groups excluding carboxylic acids is 1. The van der Waals surface area contributed by atoms with Crippen LogP contribution in [0.1, 0.15) is 32.4 Å². The van der Waals surface area contributed by atoms with Gasteiger partial charge in [0.1, 0.15) is 5.75 Å². The Morgan fingerprint density at radius 3 is 2.44 bits per heavy atom.